The monoisotopic (exact) mass is 239 g/mol. The summed E-state index contributed by atoms with van der Waals surface area (Å²) in [5.74, 6) is -0.814. The summed E-state index contributed by atoms with van der Waals surface area (Å²) in [6.07, 6.45) is 1.93. The van der Waals surface area contributed by atoms with E-state index in [0.29, 0.717) is 11.1 Å². The Bertz CT molecular complexity index is 420. The summed E-state index contributed by atoms with van der Waals surface area (Å²) in [7, 11) is 0. The first kappa shape index (κ1) is 12.5. The summed E-state index contributed by atoms with van der Waals surface area (Å²) in [5, 5.41) is 3.31. The molecule has 0 aliphatic carbocycles. The quantitative estimate of drug-likeness (QED) is 0.830. The van der Waals surface area contributed by atoms with Gasteiger partial charge < -0.3 is 5.32 Å². The predicted octanol–water partition coefficient (Wildman–Crippen LogP) is 3.69. The Hall–Kier alpha value is -0.960. The van der Waals surface area contributed by atoms with Crippen LogP contribution in [0.2, 0.25) is 0 Å². The molecular formula is C14H19F2N. The van der Waals surface area contributed by atoms with Crippen LogP contribution in [-0.2, 0) is 5.54 Å². The number of hydrogen-bond acceptors (Lipinski definition) is 1. The smallest absolute Gasteiger partial charge is 0.131 e. The highest BCUT2D eigenvalue weighted by Gasteiger charge is 2.33. The molecule has 1 aromatic carbocycles. The van der Waals surface area contributed by atoms with Crippen LogP contribution in [0.25, 0.3) is 0 Å². The average molecular weight is 239 g/mol. The fourth-order valence-electron chi connectivity index (χ4n) is 2.56. The van der Waals surface area contributed by atoms with E-state index in [2.05, 4.69) is 5.32 Å². The Morgan fingerprint density at radius 2 is 1.94 bits per heavy atom. The lowest BCUT2D eigenvalue weighted by Crippen LogP contribution is -2.34. The minimum atomic E-state index is -0.442. The minimum Gasteiger partial charge on any atom is -0.308 e. The van der Waals surface area contributed by atoms with Crippen LogP contribution in [0.3, 0.4) is 0 Å². The Balaban J connectivity index is 2.50. The number of hydrogen-bond donors (Lipinski definition) is 1. The van der Waals surface area contributed by atoms with Gasteiger partial charge in [-0.1, -0.05) is 13.8 Å². The van der Waals surface area contributed by atoms with Gasteiger partial charge in [0.15, 0.2) is 0 Å². The lowest BCUT2D eigenvalue weighted by atomic mass is 9.87. The summed E-state index contributed by atoms with van der Waals surface area (Å²) >= 11 is 0. The first-order valence-corrected chi connectivity index (χ1v) is 6.18. The van der Waals surface area contributed by atoms with Crippen molar-refractivity contribution in [2.24, 2.45) is 0 Å². The van der Waals surface area contributed by atoms with Crippen LogP contribution < -0.4 is 5.32 Å². The molecule has 0 amide bonds. The molecule has 1 unspecified atom stereocenters. The van der Waals surface area contributed by atoms with E-state index in [1.807, 2.05) is 20.8 Å². The maximum absolute atomic E-state index is 13.9. The van der Waals surface area contributed by atoms with Crippen LogP contribution in [0.1, 0.15) is 50.7 Å². The van der Waals surface area contributed by atoms with Gasteiger partial charge in [0.2, 0.25) is 0 Å². The molecule has 0 saturated carbocycles. The molecule has 1 heterocycles. The second kappa shape index (κ2) is 4.37. The molecular weight excluding hydrogens is 220 g/mol. The molecule has 2 rings (SSSR count). The Morgan fingerprint density at radius 3 is 2.47 bits per heavy atom. The highest BCUT2D eigenvalue weighted by atomic mass is 19.1. The Morgan fingerprint density at radius 1 is 1.24 bits per heavy atom. The molecule has 17 heavy (non-hydrogen) atoms. The molecule has 0 spiro atoms. The first-order chi connectivity index (χ1) is 7.94. The summed E-state index contributed by atoms with van der Waals surface area (Å²) in [6, 6.07) is 2.71. The van der Waals surface area contributed by atoms with Crippen LogP contribution in [0.15, 0.2) is 12.1 Å². The Kier molecular flexibility index (Phi) is 3.21. The van der Waals surface area contributed by atoms with Crippen molar-refractivity contribution in [3.8, 4) is 0 Å². The van der Waals surface area contributed by atoms with E-state index >= 15 is 0 Å². The van der Waals surface area contributed by atoms with Gasteiger partial charge in [0.05, 0.1) is 0 Å². The number of rotatable bonds is 2. The normalized spacial score (nSPS) is 24.6. The van der Waals surface area contributed by atoms with E-state index < -0.39 is 11.6 Å². The van der Waals surface area contributed by atoms with E-state index in [0.717, 1.165) is 25.5 Å². The molecule has 0 bridgehead atoms. The van der Waals surface area contributed by atoms with Crippen LogP contribution in [0.4, 0.5) is 8.78 Å². The molecule has 1 N–H and O–H groups in total. The van der Waals surface area contributed by atoms with Crippen molar-refractivity contribution in [1.82, 2.24) is 5.32 Å². The van der Waals surface area contributed by atoms with Crippen molar-refractivity contribution >= 4 is 0 Å². The Labute approximate surface area is 101 Å². The molecule has 0 aromatic heterocycles. The third-order valence-electron chi connectivity index (χ3n) is 3.67. The highest BCUT2D eigenvalue weighted by Crippen LogP contribution is 2.34. The second-order valence-electron chi connectivity index (χ2n) is 5.37. The van der Waals surface area contributed by atoms with Gasteiger partial charge in [-0.15, -0.1) is 0 Å². The van der Waals surface area contributed by atoms with E-state index in [4.69, 9.17) is 0 Å². The number of benzene rings is 1. The molecule has 94 valence electrons. The maximum atomic E-state index is 13.9. The van der Waals surface area contributed by atoms with Gasteiger partial charge >= 0.3 is 0 Å². The highest BCUT2D eigenvalue weighted by molar-refractivity contribution is 5.34. The zero-order valence-electron chi connectivity index (χ0n) is 10.6. The fourth-order valence-corrected chi connectivity index (χ4v) is 2.56. The molecule has 1 saturated heterocycles. The van der Waals surface area contributed by atoms with Crippen LogP contribution in [0, 0.1) is 11.6 Å². The molecule has 3 heteroatoms. The summed E-state index contributed by atoms with van der Waals surface area (Å²) in [4.78, 5) is 0. The average Bonchev–Trinajstić information content (AvgIpc) is 2.65. The zero-order valence-corrected chi connectivity index (χ0v) is 10.6. The third kappa shape index (κ3) is 2.21. The van der Waals surface area contributed by atoms with Gasteiger partial charge in [0.1, 0.15) is 11.6 Å². The van der Waals surface area contributed by atoms with Crippen molar-refractivity contribution in [1.29, 1.82) is 0 Å². The van der Waals surface area contributed by atoms with Gasteiger partial charge in [-0.3, -0.25) is 0 Å². The van der Waals surface area contributed by atoms with Crippen LogP contribution >= 0.6 is 0 Å². The second-order valence-corrected chi connectivity index (χ2v) is 5.37. The molecule has 1 aliphatic heterocycles. The standard InChI is InChI=1S/C14H19F2N/c1-9(2)10-7-11(13(16)8-12(10)15)14(3)5-4-6-17-14/h7-9,17H,4-6H2,1-3H3. The van der Waals surface area contributed by atoms with Crippen molar-refractivity contribution in [3.63, 3.8) is 0 Å². The zero-order chi connectivity index (χ0) is 12.6. The lowest BCUT2D eigenvalue weighted by Gasteiger charge is -2.26. The maximum Gasteiger partial charge on any atom is 0.131 e. The van der Waals surface area contributed by atoms with Crippen molar-refractivity contribution in [2.45, 2.75) is 45.1 Å². The predicted molar refractivity (Wildman–Crippen MR) is 65.0 cm³/mol. The molecule has 1 fully saturated rings. The SMILES string of the molecule is CC(C)c1cc(C2(C)CCCN2)c(F)cc1F. The van der Waals surface area contributed by atoms with Gasteiger partial charge in [0, 0.05) is 17.2 Å². The van der Waals surface area contributed by atoms with Crippen molar-refractivity contribution < 1.29 is 8.78 Å². The van der Waals surface area contributed by atoms with Crippen LogP contribution in [0.5, 0.6) is 0 Å². The number of halogens is 2. The molecule has 0 radical (unpaired) electrons. The molecule has 1 aliphatic rings. The molecule has 1 nitrogen and oxygen atoms in total. The van der Waals surface area contributed by atoms with Crippen molar-refractivity contribution in [2.75, 3.05) is 6.54 Å². The topological polar surface area (TPSA) is 12.0 Å². The largest absolute Gasteiger partial charge is 0.308 e. The fraction of sp³-hybridized carbons (Fsp3) is 0.571. The number of nitrogens with one attached hydrogen (secondary N) is 1. The van der Waals surface area contributed by atoms with Crippen LogP contribution in [-0.4, -0.2) is 6.54 Å². The van der Waals surface area contributed by atoms with E-state index in [1.54, 1.807) is 6.07 Å². The van der Waals surface area contributed by atoms with Gasteiger partial charge in [-0.2, -0.15) is 0 Å². The van der Waals surface area contributed by atoms with E-state index in [-0.39, 0.29) is 11.5 Å². The molecule has 1 aromatic rings. The lowest BCUT2D eigenvalue weighted by molar-refractivity contribution is 0.406. The third-order valence-corrected chi connectivity index (χ3v) is 3.67. The first-order valence-electron chi connectivity index (χ1n) is 6.18. The van der Waals surface area contributed by atoms with E-state index in [9.17, 15) is 8.78 Å². The van der Waals surface area contributed by atoms with E-state index in [1.165, 1.54) is 0 Å². The minimum absolute atomic E-state index is 0.0688. The van der Waals surface area contributed by atoms with Crippen molar-refractivity contribution in [3.05, 3.63) is 34.9 Å². The van der Waals surface area contributed by atoms with Gasteiger partial charge in [0.25, 0.3) is 0 Å². The van der Waals surface area contributed by atoms with Gasteiger partial charge in [-0.25, -0.2) is 8.78 Å². The summed E-state index contributed by atoms with van der Waals surface area (Å²) in [6.45, 7) is 6.72. The summed E-state index contributed by atoms with van der Waals surface area (Å²) < 4.78 is 27.5. The van der Waals surface area contributed by atoms with Gasteiger partial charge in [-0.05, 0) is 43.9 Å². The summed E-state index contributed by atoms with van der Waals surface area (Å²) in [5.41, 5.74) is 0.845. The molecule has 1 atom stereocenters.